The second-order valence-electron chi connectivity index (χ2n) is 3.47. The molecule has 1 fully saturated rings. The number of nitrogens with zero attached hydrogens (tertiary/aromatic N) is 2. The maximum absolute atomic E-state index is 11.8. The van der Waals surface area contributed by atoms with Crippen LogP contribution in [-0.2, 0) is 0 Å². The lowest BCUT2D eigenvalue weighted by Crippen LogP contribution is -2.27. The van der Waals surface area contributed by atoms with Gasteiger partial charge in [0, 0.05) is 19.3 Å². The number of nitrogens with two attached hydrogens (primary N) is 1. The summed E-state index contributed by atoms with van der Waals surface area (Å²) >= 11 is 0. The Hall–Kier alpha value is -1.29. The Balaban J connectivity index is 0.00000112. The molecule has 0 saturated carbocycles. The van der Waals surface area contributed by atoms with Gasteiger partial charge in [-0.3, -0.25) is 4.79 Å². The van der Waals surface area contributed by atoms with E-state index in [9.17, 15) is 4.79 Å². The second-order valence-corrected chi connectivity index (χ2v) is 3.47. The fraction of sp³-hybridized carbons (Fsp3) is 0.400. The molecule has 0 unspecified atom stereocenters. The molecule has 4 nitrogen and oxygen atoms in total. The van der Waals surface area contributed by atoms with Gasteiger partial charge < -0.3 is 10.6 Å². The Morgan fingerprint density at radius 3 is 2.53 bits per heavy atom. The zero-order valence-corrected chi connectivity index (χ0v) is 9.17. The predicted molar refractivity (Wildman–Crippen MR) is 61.0 cm³/mol. The topological polar surface area (TPSA) is 59.2 Å². The van der Waals surface area contributed by atoms with Crippen LogP contribution in [0.1, 0.15) is 23.2 Å². The number of amides is 1. The van der Waals surface area contributed by atoms with Crippen molar-refractivity contribution in [2.24, 2.45) is 0 Å². The first-order chi connectivity index (χ1) is 6.77. The van der Waals surface area contributed by atoms with Gasteiger partial charge in [0.2, 0.25) is 0 Å². The van der Waals surface area contributed by atoms with E-state index >= 15 is 0 Å². The number of hydrogen-bond donors (Lipinski definition) is 1. The first-order valence-electron chi connectivity index (χ1n) is 4.78. The molecular weight excluding hydrogens is 214 g/mol. The molecule has 1 aliphatic rings. The minimum atomic E-state index is 0. The van der Waals surface area contributed by atoms with Crippen molar-refractivity contribution in [3.63, 3.8) is 0 Å². The maximum Gasteiger partial charge on any atom is 0.255 e. The van der Waals surface area contributed by atoms with E-state index < -0.39 is 0 Å². The van der Waals surface area contributed by atoms with Gasteiger partial charge in [0.1, 0.15) is 5.82 Å². The number of rotatable bonds is 1. The van der Waals surface area contributed by atoms with Crippen LogP contribution in [-0.4, -0.2) is 28.9 Å². The third-order valence-electron chi connectivity index (χ3n) is 2.43. The summed E-state index contributed by atoms with van der Waals surface area (Å²) in [5.41, 5.74) is 6.07. The summed E-state index contributed by atoms with van der Waals surface area (Å²) in [6, 6.07) is 3.38. The molecular formula is C10H14ClN3O. The van der Waals surface area contributed by atoms with Gasteiger partial charge in [-0.1, -0.05) is 0 Å². The molecule has 1 amide bonds. The number of nitrogen functional groups attached to an aromatic ring is 1. The normalized spacial score (nSPS) is 14.8. The second kappa shape index (κ2) is 4.98. The van der Waals surface area contributed by atoms with Crippen LogP contribution in [0.5, 0.6) is 0 Å². The SMILES string of the molecule is Cl.Nc1ccc(C(=O)N2CCCC2)cn1. The highest BCUT2D eigenvalue weighted by molar-refractivity contribution is 5.94. The average Bonchev–Trinajstić information content (AvgIpc) is 2.71. The lowest BCUT2D eigenvalue weighted by atomic mass is 10.2. The van der Waals surface area contributed by atoms with Crippen LogP contribution in [0.3, 0.4) is 0 Å². The third kappa shape index (κ3) is 2.59. The number of aromatic nitrogens is 1. The Kier molecular flexibility index (Phi) is 3.91. The van der Waals surface area contributed by atoms with Crippen molar-refractivity contribution >= 4 is 24.1 Å². The van der Waals surface area contributed by atoms with Crippen LogP contribution in [0.25, 0.3) is 0 Å². The third-order valence-corrected chi connectivity index (χ3v) is 2.43. The van der Waals surface area contributed by atoms with Gasteiger partial charge in [-0.25, -0.2) is 4.98 Å². The summed E-state index contributed by atoms with van der Waals surface area (Å²) in [4.78, 5) is 17.6. The molecule has 0 aliphatic carbocycles. The summed E-state index contributed by atoms with van der Waals surface area (Å²) < 4.78 is 0. The fourth-order valence-corrected chi connectivity index (χ4v) is 1.63. The Bertz CT molecular complexity index is 333. The first kappa shape index (κ1) is 11.8. The van der Waals surface area contributed by atoms with Crippen LogP contribution < -0.4 is 5.73 Å². The molecule has 15 heavy (non-hydrogen) atoms. The van der Waals surface area contributed by atoms with E-state index in [1.54, 1.807) is 12.1 Å². The highest BCUT2D eigenvalue weighted by Gasteiger charge is 2.19. The number of likely N-dealkylation sites (tertiary alicyclic amines) is 1. The Morgan fingerprint density at radius 2 is 2.00 bits per heavy atom. The smallest absolute Gasteiger partial charge is 0.255 e. The van der Waals surface area contributed by atoms with E-state index in [0.29, 0.717) is 11.4 Å². The van der Waals surface area contributed by atoms with Gasteiger partial charge in [-0.15, -0.1) is 12.4 Å². The van der Waals surface area contributed by atoms with Gasteiger partial charge in [-0.05, 0) is 25.0 Å². The number of anilines is 1. The summed E-state index contributed by atoms with van der Waals surface area (Å²) in [7, 11) is 0. The number of halogens is 1. The van der Waals surface area contributed by atoms with E-state index in [0.717, 1.165) is 25.9 Å². The number of pyridine rings is 1. The van der Waals surface area contributed by atoms with Crippen molar-refractivity contribution in [2.45, 2.75) is 12.8 Å². The molecule has 5 heteroatoms. The van der Waals surface area contributed by atoms with Crippen molar-refractivity contribution in [3.05, 3.63) is 23.9 Å². The zero-order chi connectivity index (χ0) is 9.97. The minimum Gasteiger partial charge on any atom is -0.384 e. The van der Waals surface area contributed by atoms with Gasteiger partial charge in [0.15, 0.2) is 0 Å². The molecule has 2 heterocycles. The molecule has 0 spiro atoms. The quantitative estimate of drug-likeness (QED) is 0.787. The van der Waals surface area contributed by atoms with E-state index in [2.05, 4.69) is 4.98 Å². The fourth-order valence-electron chi connectivity index (χ4n) is 1.63. The van der Waals surface area contributed by atoms with Gasteiger partial charge in [0.05, 0.1) is 5.56 Å². The highest BCUT2D eigenvalue weighted by atomic mass is 35.5. The molecule has 0 aromatic carbocycles. The lowest BCUT2D eigenvalue weighted by Gasteiger charge is -2.14. The van der Waals surface area contributed by atoms with Crippen molar-refractivity contribution in [2.75, 3.05) is 18.8 Å². The molecule has 2 N–H and O–H groups in total. The van der Waals surface area contributed by atoms with Crippen molar-refractivity contribution in [3.8, 4) is 0 Å². The first-order valence-corrected chi connectivity index (χ1v) is 4.78. The molecule has 0 bridgehead atoms. The molecule has 0 radical (unpaired) electrons. The Labute approximate surface area is 94.9 Å². The molecule has 1 aromatic heterocycles. The van der Waals surface area contributed by atoms with Crippen LogP contribution in [0.2, 0.25) is 0 Å². The van der Waals surface area contributed by atoms with Gasteiger partial charge in [-0.2, -0.15) is 0 Å². The molecule has 2 rings (SSSR count). The predicted octanol–water partition coefficient (Wildman–Crippen LogP) is 1.32. The van der Waals surface area contributed by atoms with Gasteiger partial charge >= 0.3 is 0 Å². The van der Waals surface area contributed by atoms with Crippen LogP contribution >= 0.6 is 12.4 Å². The average molecular weight is 228 g/mol. The Morgan fingerprint density at radius 1 is 1.33 bits per heavy atom. The van der Waals surface area contributed by atoms with Crippen molar-refractivity contribution < 1.29 is 4.79 Å². The van der Waals surface area contributed by atoms with E-state index in [1.165, 1.54) is 6.20 Å². The molecule has 1 aromatic rings. The summed E-state index contributed by atoms with van der Waals surface area (Å²) in [6.45, 7) is 1.73. The monoisotopic (exact) mass is 227 g/mol. The molecule has 1 aliphatic heterocycles. The lowest BCUT2D eigenvalue weighted by molar-refractivity contribution is 0.0792. The number of hydrogen-bond acceptors (Lipinski definition) is 3. The van der Waals surface area contributed by atoms with E-state index in [1.807, 2.05) is 4.90 Å². The van der Waals surface area contributed by atoms with E-state index in [4.69, 9.17) is 5.73 Å². The molecule has 82 valence electrons. The van der Waals surface area contributed by atoms with Crippen LogP contribution in [0.15, 0.2) is 18.3 Å². The standard InChI is InChI=1S/C10H13N3O.ClH/c11-9-4-3-8(7-12-9)10(14)13-5-1-2-6-13;/h3-4,7H,1-2,5-6H2,(H2,11,12);1H. The van der Waals surface area contributed by atoms with Crippen molar-refractivity contribution in [1.29, 1.82) is 0 Å². The summed E-state index contributed by atoms with van der Waals surface area (Å²) in [5, 5.41) is 0. The van der Waals surface area contributed by atoms with Gasteiger partial charge in [0.25, 0.3) is 5.91 Å². The molecule has 0 atom stereocenters. The number of carbonyl (C=O) groups is 1. The zero-order valence-electron chi connectivity index (χ0n) is 8.35. The summed E-state index contributed by atoms with van der Waals surface area (Å²) in [5.74, 6) is 0.512. The number of carbonyl (C=O) groups excluding carboxylic acids is 1. The minimum absolute atomic E-state index is 0. The molecule has 1 saturated heterocycles. The van der Waals surface area contributed by atoms with Crippen LogP contribution in [0.4, 0.5) is 5.82 Å². The van der Waals surface area contributed by atoms with Crippen LogP contribution in [0, 0.1) is 0 Å². The summed E-state index contributed by atoms with van der Waals surface area (Å²) in [6.07, 6.45) is 3.75. The van der Waals surface area contributed by atoms with Crippen molar-refractivity contribution in [1.82, 2.24) is 9.88 Å². The van der Waals surface area contributed by atoms with E-state index in [-0.39, 0.29) is 18.3 Å². The highest BCUT2D eigenvalue weighted by Crippen LogP contribution is 2.12. The largest absolute Gasteiger partial charge is 0.384 e. The maximum atomic E-state index is 11.8.